The highest BCUT2D eigenvalue weighted by atomic mass is 16.5. The number of methoxy groups -OCH3 is 1. The Morgan fingerprint density at radius 1 is 1.18 bits per heavy atom. The van der Waals surface area contributed by atoms with Gasteiger partial charge in [0, 0.05) is 17.5 Å². The summed E-state index contributed by atoms with van der Waals surface area (Å²) in [5, 5.41) is 0. The van der Waals surface area contributed by atoms with Crippen LogP contribution in [-0.4, -0.2) is 18.8 Å². The van der Waals surface area contributed by atoms with Gasteiger partial charge in [-0.15, -0.1) is 0 Å². The van der Waals surface area contributed by atoms with Gasteiger partial charge in [0.2, 0.25) is 5.91 Å². The summed E-state index contributed by atoms with van der Waals surface area (Å²) in [6.07, 6.45) is 1.43. The predicted octanol–water partition coefficient (Wildman–Crippen LogP) is 1.90. The average molecular weight is 231 g/mol. The second kappa shape index (κ2) is 4.41. The zero-order valence-corrected chi connectivity index (χ0v) is 9.77. The third-order valence-corrected chi connectivity index (χ3v) is 2.63. The summed E-state index contributed by atoms with van der Waals surface area (Å²) in [6, 6.07) is 7.16. The molecule has 0 bridgehead atoms. The Hall–Kier alpha value is -2.10. The first-order valence-corrected chi connectivity index (χ1v) is 5.30. The summed E-state index contributed by atoms with van der Waals surface area (Å²) < 4.78 is 5.06. The van der Waals surface area contributed by atoms with E-state index in [4.69, 9.17) is 4.74 Å². The number of hydrogen-bond donors (Lipinski definition) is 0. The molecule has 0 fully saturated rings. The summed E-state index contributed by atoms with van der Waals surface area (Å²) in [7, 11) is 1.59. The van der Waals surface area contributed by atoms with Crippen molar-refractivity contribution in [2.75, 3.05) is 12.0 Å². The lowest BCUT2D eigenvalue weighted by molar-refractivity contribution is -0.124. The smallest absolute Gasteiger partial charge is 0.239 e. The molecule has 1 amide bonds. The Kier molecular flexibility index (Phi) is 2.95. The number of hydrogen-bond acceptors (Lipinski definition) is 3. The fourth-order valence-corrected chi connectivity index (χ4v) is 1.85. The van der Waals surface area contributed by atoms with Crippen LogP contribution in [0.2, 0.25) is 0 Å². The van der Waals surface area contributed by atoms with Crippen LogP contribution in [0, 0.1) is 0 Å². The molecule has 0 unspecified atom stereocenters. The van der Waals surface area contributed by atoms with E-state index in [9.17, 15) is 9.59 Å². The van der Waals surface area contributed by atoms with Crippen LogP contribution in [0.25, 0.3) is 0 Å². The summed E-state index contributed by atoms with van der Waals surface area (Å²) in [6.45, 7) is 1.75. The molecule has 4 nitrogen and oxygen atoms in total. The van der Waals surface area contributed by atoms with E-state index in [-0.39, 0.29) is 18.1 Å². The van der Waals surface area contributed by atoms with E-state index in [2.05, 4.69) is 0 Å². The zero-order valence-electron chi connectivity index (χ0n) is 9.77. The molecule has 1 heterocycles. The minimum atomic E-state index is -0.194. The second-order valence-electron chi connectivity index (χ2n) is 3.86. The lowest BCUT2D eigenvalue weighted by Crippen LogP contribution is -2.34. The average Bonchev–Trinajstić information content (AvgIpc) is 2.28. The van der Waals surface area contributed by atoms with E-state index in [1.807, 2.05) is 0 Å². The van der Waals surface area contributed by atoms with Gasteiger partial charge in [-0.2, -0.15) is 0 Å². The Balaban J connectivity index is 2.35. The quantitative estimate of drug-likeness (QED) is 0.730. The molecule has 0 aliphatic carbocycles. The molecule has 4 heteroatoms. The van der Waals surface area contributed by atoms with E-state index in [1.165, 1.54) is 6.08 Å². The number of carbonyl (C=O) groups is 2. The molecule has 1 aliphatic heterocycles. The Morgan fingerprint density at radius 3 is 2.35 bits per heavy atom. The number of ether oxygens (including phenoxy) is 1. The summed E-state index contributed by atoms with van der Waals surface area (Å²) in [4.78, 5) is 24.6. The van der Waals surface area contributed by atoms with Gasteiger partial charge in [-0.3, -0.25) is 14.5 Å². The Labute approximate surface area is 99.5 Å². The van der Waals surface area contributed by atoms with Gasteiger partial charge in [-0.25, -0.2) is 0 Å². The van der Waals surface area contributed by atoms with Crippen molar-refractivity contribution >= 4 is 17.4 Å². The maximum Gasteiger partial charge on any atom is 0.239 e. The van der Waals surface area contributed by atoms with E-state index in [1.54, 1.807) is 43.2 Å². The molecule has 0 atom stereocenters. The predicted molar refractivity (Wildman–Crippen MR) is 63.9 cm³/mol. The number of amides is 1. The van der Waals surface area contributed by atoms with Gasteiger partial charge < -0.3 is 4.74 Å². The molecule has 0 saturated carbocycles. The van der Waals surface area contributed by atoms with Crippen molar-refractivity contribution in [3.05, 3.63) is 36.0 Å². The molecular formula is C13H13NO3. The zero-order chi connectivity index (χ0) is 12.4. The largest absolute Gasteiger partial charge is 0.497 e. The molecule has 2 rings (SSSR count). The van der Waals surface area contributed by atoms with Crippen LogP contribution in [0.1, 0.15) is 13.3 Å². The minimum Gasteiger partial charge on any atom is -0.497 e. The third-order valence-electron chi connectivity index (χ3n) is 2.63. The molecule has 0 aromatic heterocycles. The van der Waals surface area contributed by atoms with Crippen molar-refractivity contribution in [3.8, 4) is 5.75 Å². The molecule has 0 N–H and O–H groups in total. The maximum absolute atomic E-state index is 11.8. The normalized spacial score (nSPS) is 15.9. The van der Waals surface area contributed by atoms with Crippen molar-refractivity contribution in [2.24, 2.45) is 0 Å². The van der Waals surface area contributed by atoms with Crippen molar-refractivity contribution in [3.63, 3.8) is 0 Å². The highest BCUT2D eigenvalue weighted by Crippen LogP contribution is 2.25. The number of allylic oxidation sites excluding steroid dienone is 2. The van der Waals surface area contributed by atoms with E-state index < -0.39 is 0 Å². The molecule has 17 heavy (non-hydrogen) atoms. The Morgan fingerprint density at radius 2 is 1.82 bits per heavy atom. The van der Waals surface area contributed by atoms with Crippen molar-refractivity contribution in [2.45, 2.75) is 13.3 Å². The summed E-state index contributed by atoms with van der Waals surface area (Å²) in [5.74, 6) is 0.397. The van der Waals surface area contributed by atoms with Crippen molar-refractivity contribution in [1.29, 1.82) is 0 Å². The molecule has 0 radical (unpaired) electrons. The van der Waals surface area contributed by atoms with Crippen LogP contribution >= 0.6 is 0 Å². The number of nitrogens with zero attached hydrogens (tertiary/aromatic N) is 1. The van der Waals surface area contributed by atoms with Gasteiger partial charge in [0.05, 0.1) is 13.5 Å². The number of ketones is 1. The Bertz CT molecular complexity index is 488. The summed E-state index contributed by atoms with van der Waals surface area (Å²) >= 11 is 0. The van der Waals surface area contributed by atoms with Crippen LogP contribution < -0.4 is 9.64 Å². The number of carbonyl (C=O) groups excluding carboxylic acids is 2. The second-order valence-corrected chi connectivity index (χ2v) is 3.86. The molecule has 1 aliphatic rings. The monoisotopic (exact) mass is 231 g/mol. The standard InChI is InChI=1S/C13H13NO3/c1-9-7-11(15)8-13(16)14(9)10-3-5-12(17-2)6-4-10/h3-7H,8H2,1-2H3. The number of anilines is 1. The van der Waals surface area contributed by atoms with Gasteiger partial charge in [-0.05, 0) is 31.2 Å². The SMILES string of the molecule is COc1ccc(N2C(=O)CC(=O)C=C2C)cc1. The highest BCUT2D eigenvalue weighted by molar-refractivity contribution is 6.14. The van der Waals surface area contributed by atoms with Gasteiger partial charge in [0.1, 0.15) is 5.75 Å². The molecule has 1 aromatic rings. The van der Waals surface area contributed by atoms with Gasteiger partial charge in [-0.1, -0.05) is 0 Å². The fraction of sp³-hybridized carbons (Fsp3) is 0.231. The van der Waals surface area contributed by atoms with E-state index in [0.29, 0.717) is 5.70 Å². The van der Waals surface area contributed by atoms with Gasteiger partial charge >= 0.3 is 0 Å². The van der Waals surface area contributed by atoms with Crippen LogP contribution in [0.4, 0.5) is 5.69 Å². The van der Waals surface area contributed by atoms with Crippen LogP contribution in [0.3, 0.4) is 0 Å². The lowest BCUT2D eigenvalue weighted by atomic mass is 10.1. The third kappa shape index (κ3) is 2.20. The van der Waals surface area contributed by atoms with E-state index >= 15 is 0 Å². The highest BCUT2D eigenvalue weighted by Gasteiger charge is 2.24. The van der Waals surface area contributed by atoms with Gasteiger partial charge in [0.25, 0.3) is 0 Å². The van der Waals surface area contributed by atoms with Crippen LogP contribution in [0.15, 0.2) is 36.0 Å². The maximum atomic E-state index is 11.8. The molecular weight excluding hydrogens is 218 g/mol. The first kappa shape index (κ1) is 11.4. The van der Waals surface area contributed by atoms with Crippen molar-refractivity contribution < 1.29 is 14.3 Å². The molecule has 0 saturated heterocycles. The lowest BCUT2D eigenvalue weighted by Gasteiger charge is -2.26. The molecule has 0 spiro atoms. The molecule has 1 aromatic carbocycles. The van der Waals surface area contributed by atoms with Crippen LogP contribution in [0.5, 0.6) is 5.75 Å². The van der Waals surface area contributed by atoms with Crippen molar-refractivity contribution in [1.82, 2.24) is 0 Å². The number of rotatable bonds is 2. The minimum absolute atomic E-state index is 0.0661. The van der Waals surface area contributed by atoms with Crippen LogP contribution in [-0.2, 0) is 9.59 Å². The topological polar surface area (TPSA) is 46.6 Å². The van der Waals surface area contributed by atoms with E-state index in [0.717, 1.165) is 11.4 Å². The van der Waals surface area contributed by atoms with Gasteiger partial charge in [0.15, 0.2) is 5.78 Å². The first-order chi connectivity index (χ1) is 8.11. The first-order valence-electron chi connectivity index (χ1n) is 5.30. The fourth-order valence-electron chi connectivity index (χ4n) is 1.85. The number of benzene rings is 1. The molecule has 88 valence electrons. The summed E-state index contributed by atoms with van der Waals surface area (Å²) in [5.41, 5.74) is 1.40.